The fourth-order valence-electron chi connectivity index (χ4n) is 2.33. The molecule has 0 fully saturated rings. The summed E-state index contributed by atoms with van der Waals surface area (Å²) in [7, 11) is -2.12. The minimum Gasteiger partial charge on any atom is -0.497 e. The van der Waals surface area contributed by atoms with Crippen molar-refractivity contribution in [3.8, 4) is 17.2 Å². The van der Waals surface area contributed by atoms with Gasteiger partial charge in [-0.2, -0.15) is 0 Å². The summed E-state index contributed by atoms with van der Waals surface area (Å²) in [6.45, 7) is 1.90. The molecule has 0 amide bonds. The Kier molecular flexibility index (Phi) is 5.14. The van der Waals surface area contributed by atoms with Crippen LogP contribution in [0.15, 0.2) is 77.7 Å². The average Bonchev–Trinajstić information content (AvgIpc) is 2.64. The maximum atomic E-state index is 12.6. The first kappa shape index (κ1) is 17.8. The van der Waals surface area contributed by atoms with Crippen molar-refractivity contribution in [2.24, 2.45) is 0 Å². The smallest absolute Gasteiger partial charge is 0.262 e. The highest BCUT2D eigenvalue weighted by Crippen LogP contribution is 2.31. The van der Waals surface area contributed by atoms with Crippen LogP contribution in [-0.4, -0.2) is 15.5 Å². The predicted octanol–water partition coefficient (Wildman–Crippen LogP) is 4.60. The number of hydrogen-bond acceptors (Lipinski definition) is 4. The van der Waals surface area contributed by atoms with Gasteiger partial charge in [0.15, 0.2) is 5.75 Å². The summed E-state index contributed by atoms with van der Waals surface area (Å²) in [5.41, 5.74) is 1.36. The Bertz CT molecular complexity index is 981. The van der Waals surface area contributed by atoms with Gasteiger partial charge >= 0.3 is 0 Å². The summed E-state index contributed by atoms with van der Waals surface area (Å²) in [4.78, 5) is 0.197. The Morgan fingerprint density at radius 1 is 0.808 bits per heavy atom. The summed E-state index contributed by atoms with van der Waals surface area (Å²) in [5.74, 6) is 1.70. The molecule has 3 aromatic rings. The Hall–Kier alpha value is -2.99. The first-order valence-electron chi connectivity index (χ1n) is 7.98. The van der Waals surface area contributed by atoms with Crippen molar-refractivity contribution >= 4 is 15.7 Å². The molecule has 5 nitrogen and oxygen atoms in total. The fourth-order valence-corrected chi connectivity index (χ4v) is 3.40. The highest BCUT2D eigenvalue weighted by Gasteiger charge is 2.16. The minimum atomic E-state index is -3.71. The molecule has 0 spiro atoms. The molecule has 134 valence electrons. The standard InChI is InChI=1S/C20H19NO4S/c1-15-7-13-18(14-8-15)26(22,23)21-19-5-3-4-6-20(19)25-17-11-9-16(24-2)10-12-17/h3-14,21H,1-2H3. The minimum absolute atomic E-state index is 0.197. The summed E-state index contributed by atoms with van der Waals surface area (Å²) in [5, 5.41) is 0. The molecule has 0 bridgehead atoms. The van der Waals surface area contributed by atoms with Crippen LogP contribution in [0.1, 0.15) is 5.56 Å². The molecule has 1 N–H and O–H groups in total. The fraction of sp³-hybridized carbons (Fsp3) is 0.100. The van der Waals surface area contributed by atoms with E-state index in [2.05, 4.69) is 4.72 Å². The maximum Gasteiger partial charge on any atom is 0.262 e. The zero-order chi connectivity index (χ0) is 18.6. The number of aryl methyl sites for hydroxylation is 1. The van der Waals surface area contributed by atoms with E-state index in [4.69, 9.17) is 9.47 Å². The van der Waals surface area contributed by atoms with Crippen molar-refractivity contribution in [3.63, 3.8) is 0 Å². The van der Waals surface area contributed by atoms with E-state index in [1.807, 2.05) is 6.92 Å². The Balaban J connectivity index is 1.85. The number of nitrogens with one attached hydrogen (secondary N) is 1. The Morgan fingerprint density at radius 3 is 2.08 bits per heavy atom. The van der Waals surface area contributed by atoms with Crippen LogP contribution in [0.2, 0.25) is 0 Å². The van der Waals surface area contributed by atoms with E-state index in [1.54, 1.807) is 79.9 Å². The highest BCUT2D eigenvalue weighted by atomic mass is 32.2. The van der Waals surface area contributed by atoms with Gasteiger partial charge in [-0.25, -0.2) is 8.42 Å². The molecule has 0 aliphatic rings. The lowest BCUT2D eigenvalue weighted by atomic mass is 10.2. The van der Waals surface area contributed by atoms with E-state index in [-0.39, 0.29) is 4.90 Å². The van der Waals surface area contributed by atoms with Crippen molar-refractivity contribution in [2.45, 2.75) is 11.8 Å². The van der Waals surface area contributed by atoms with Crippen LogP contribution in [0, 0.1) is 6.92 Å². The average molecular weight is 369 g/mol. The molecule has 26 heavy (non-hydrogen) atoms. The second-order valence-electron chi connectivity index (χ2n) is 5.69. The van der Waals surface area contributed by atoms with Gasteiger partial charge < -0.3 is 9.47 Å². The monoisotopic (exact) mass is 369 g/mol. The van der Waals surface area contributed by atoms with Crippen LogP contribution in [0.4, 0.5) is 5.69 Å². The summed E-state index contributed by atoms with van der Waals surface area (Å²) < 4.78 is 38.8. The summed E-state index contributed by atoms with van der Waals surface area (Å²) in [6, 6.07) is 20.6. The summed E-state index contributed by atoms with van der Waals surface area (Å²) in [6.07, 6.45) is 0. The van der Waals surface area contributed by atoms with Crippen LogP contribution >= 0.6 is 0 Å². The van der Waals surface area contributed by atoms with Crippen LogP contribution < -0.4 is 14.2 Å². The third-order valence-corrected chi connectivity index (χ3v) is 5.13. The van der Waals surface area contributed by atoms with Gasteiger partial charge in [-0.1, -0.05) is 29.8 Å². The number of rotatable bonds is 6. The van der Waals surface area contributed by atoms with Crippen molar-refractivity contribution in [1.29, 1.82) is 0 Å². The van der Waals surface area contributed by atoms with Crippen molar-refractivity contribution < 1.29 is 17.9 Å². The number of anilines is 1. The van der Waals surface area contributed by atoms with Gasteiger partial charge in [0.05, 0.1) is 17.7 Å². The molecule has 6 heteroatoms. The van der Waals surface area contributed by atoms with Crippen molar-refractivity contribution in [3.05, 3.63) is 78.4 Å². The third-order valence-electron chi connectivity index (χ3n) is 3.75. The second kappa shape index (κ2) is 7.49. The lowest BCUT2D eigenvalue weighted by Gasteiger charge is -2.14. The van der Waals surface area contributed by atoms with Gasteiger partial charge in [0.1, 0.15) is 11.5 Å². The largest absolute Gasteiger partial charge is 0.497 e. The zero-order valence-corrected chi connectivity index (χ0v) is 15.3. The molecule has 0 saturated heterocycles. The molecule has 3 aromatic carbocycles. The molecule has 0 radical (unpaired) electrons. The van der Waals surface area contributed by atoms with Gasteiger partial charge in [0.2, 0.25) is 0 Å². The van der Waals surface area contributed by atoms with Gasteiger partial charge in [-0.15, -0.1) is 0 Å². The zero-order valence-electron chi connectivity index (χ0n) is 14.5. The molecule has 3 rings (SSSR count). The first-order chi connectivity index (χ1) is 12.5. The molecule has 0 atom stereocenters. The lowest BCUT2D eigenvalue weighted by Crippen LogP contribution is -2.13. The molecule has 0 aliphatic heterocycles. The quantitative estimate of drug-likeness (QED) is 0.690. The Labute approximate surface area is 153 Å². The van der Waals surface area contributed by atoms with Crippen LogP contribution in [-0.2, 0) is 10.0 Å². The number of ether oxygens (including phenoxy) is 2. The molecule has 0 saturated carbocycles. The number of para-hydroxylation sites is 2. The number of sulfonamides is 1. The van der Waals surface area contributed by atoms with E-state index in [1.165, 1.54) is 0 Å². The highest BCUT2D eigenvalue weighted by molar-refractivity contribution is 7.92. The van der Waals surface area contributed by atoms with Gasteiger partial charge in [0, 0.05) is 0 Å². The third kappa shape index (κ3) is 4.15. The molecule has 0 aromatic heterocycles. The van der Waals surface area contributed by atoms with E-state index in [0.29, 0.717) is 22.9 Å². The maximum absolute atomic E-state index is 12.6. The number of hydrogen-bond donors (Lipinski definition) is 1. The van der Waals surface area contributed by atoms with E-state index >= 15 is 0 Å². The lowest BCUT2D eigenvalue weighted by molar-refractivity contribution is 0.413. The van der Waals surface area contributed by atoms with Crippen LogP contribution in [0.25, 0.3) is 0 Å². The van der Waals surface area contributed by atoms with Gasteiger partial charge in [-0.05, 0) is 55.5 Å². The second-order valence-corrected chi connectivity index (χ2v) is 7.37. The predicted molar refractivity (Wildman–Crippen MR) is 101 cm³/mol. The number of methoxy groups -OCH3 is 1. The van der Waals surface area contributed by atoms with Crippen LogP contribution in [0.3, 0.4) is 0 Å². The Morgan fingerprint density at radius 2 is 1.42 bits per heavy atom. The molecule has 0 heterocycles. The van der Waals surface area contributed by atoms with Crippen molar-refractivity contribution in [2.75, 3.05) is 11.8 Å². The van der Waals surface area contributed by atoms with Crippen molar-refractivity contribution in [1.82, 2.24) is 0 Å². The molecule has 0 aliphatic carbocycles. The van der Waals surface area contributed by atoms with Gasteiger partial charge in [0.25, 0.3) is 10.0 Å². The summed E-state index contributed by atoms with van der Waals surface area (Å²) >= 11 is 0. The van der Waals surface area contributed by atoms with Gasteiger partial charge in [-0.3, -0.25) is 4.72 Å². The SMILES string of the molecule is COc1ccc(Oc2ccccc2NS(=O)(=O)c2ccc(C)cc2)cc1. The van der Waals surface area contributed by atoms with E-state index < -0.39 is 10.0 Å². The molecular formula is C20H19NO4S. The van der Waals surface area contributed by atoms with Crippen LogP contribution in [0.5, 0.6) is 17.2 Å². The molecule has 0 unspecified atom stereocenters. The topological polar surface area (TPSA) is 64.6 Å². The first-order valence-corrected chi connectivity index (χ1v) is 9.47. The molecular weight excluding hydrogens is 350 g/mol. The van der Waals surface area contributed by atoms with E-state index in [9.17, 15) is 8.42 Å². The van der Waals surface area contributed by atoms with E-state index in [0.717, 1.165) is 5.56 Å². The normalized spacial score (nSPS) is 11.0. The number of benzene rings is 3.